The van der Waals surface area contributed by atoms with Crippen molar-refractivity contribution in [3.8, 4) is 6.01 Å². The summed E-state index contributed by atoms with van der Waals surface area (Å²) in [4.78, 5) is 23.3. The van der Waals surface area contributed by atoms with Crippen LogP contribution in [0.25, 0.3) is 0 Å². The molecule has 22 heavy (non-hydrogen) atoms. The summed E-state index contributed by atoms with van der Waals surface area (Å²) in [6.45, 7) is 9.86. The minimum atomic E-state index is -0.525. The Morgan fingerprint density at radius 1 is 1.23 bits per heavy atom. The lowest BCUT2D eigenvalue weighted by Gasteiger charge is -2.19. The Balaban J connectivity index is 2.42. The van der Waals surface area contributed by atoms with E-state index in [9.17, 15) is 4.79 Å². The first-order valence-electron chi connectivity index (χ1n) is 6.94. The number of hydrogen-bond donors (Lipinski definition) is 2. The van der Waals surface area contributed by atoms with Crippen molar-refractivity contribution < 1.29 is 14.3 Å². The first-order valence-corrected chi connectivity index (χ1v) is 7.32. The fourth-order valence-corrected chi connectivity index (χ4v) is 1.48. The molecule has 0 atom stereocenters. The molecule has 124 valence electrons. The lowest BCUT2D eigenvalue weighted by atomic mass is 10.2. The highest BCUT2D eigenvalue weighted by Gasteiger charge is 2.15. The molecule has 1 rings (SSSR count). The second kappa shape index (κ2) is 7.98. The van der Waals surface area contributed by atoms with Gasteiger partial charge in [-0.1, -0.05) is 0 Å². The van der Waals surface area contributed by atoms with Gasteiger partial charge in [0.15, 0.2) is 0 Å². The topological polar surface area (TPSA) is 98.3 Å². The first kappa shape index (κ1) is 18.2. The van der Waals surface area contributed by atoms with E-state index >= 15 is 0 Å². The third-order valence-corrected chi connectivity index (χ3v) is 2.17. The zero-order chi connectivity index (χ0) is 16.8. The Morgan fingerprint density at radius 3 is 2.50 bits per heavy atom. The summed E-state index contributed by atoms with van der Waals surface area (Å²) >= 11 is 5.80. The van der Waals surface area contributed by atoms with Gasteiger partial charge in [-0.15, -0.1) is 0 Å². The van der Waals surface area contributed by atoms with Crippen LogP contribution in [0.4, 0.5) is 10.7 Å². The molecule has 1 aromatic rings. The zero-order valence-electron chi connectivity index (χ0n) is 13.4. The van der Waals surface area contributed by atoms with Crippen molar-refractivity contribution in [2.45, 2.75) is 46.3 Å². The molecule has 1 aromatic heterocycles. The molecule has 2 N–H and O–H groups in total. The highest BCUT2D eigenvalue weighted by atomic mass is 35.5. The first-order chi connectivity index (χ1) is 10.2. The van der Waals surface area contributed by atoms with E-state index in [1.165, 1.54) is 0 Å². The van der Waals surface area contributed by atoms with Crippen LogP contribution >= 0.6 is 11.6 Å². The molecule has 0 aliphatic rings. The van der Waals surface area contributed by atoms with E-state index in [1.807, 2.05) is 13.8 Å². The fourth-order valence-electron chi connectivity index (χ4n) is 1.33. The molecule has 0 aliphatic carbocycles. The lowest BCUT2D eigenvalue weighted by molar-refractivity contribution is 0.0530. The van der Waals surface area contributed by atoms with Crippen LogP contribution in [0, 0.1) is 0 Å². The smallest absolute Gasteiger partial charge is 0.407 e. The Bertz CT molecular complexity index is 505. The summed E-state index contributed by atoms with van der Waals surface area (Å²) in [5, 5.41) is 5.57. The van der Waals surface area contributed by atoms with Gasteiger partial charge in [0.05, 0.1) is 6.10 Å². The molecule has 0 saturated heterocycles. The number of rotatable bonds is 6. The van der Waals surface area contributed by atoms with Crippen molar-refractivity contribution in [3.63, 3.8) is 0 Å². The molecule has 0 fully saturated rings. The van der Waals surface area contributed by atoms with Gasteiger partial charge in [-0.05, 0) is 46.2 Å². The van der Waals surface area contributed by atoms with Crippen molar-refractivity contribution in [2.24, 2.45) is 0 Å². The molecule has 0 saturated carbocycles. The van der Waals surface area contributed by atoms with Crippen molar-refractivity contribution in [3.05, 3.63) is 5.28 Å². The van der Waals surface area contributed by atoms with Crippen molar-refractivity contribution in [1.29, 1.82) is 0 Å². The van der Waals surface area contributed by atoms with Crippen LogP contribution < -0.4 is 15.4 Å². The van der Waals surface area contributed by atoms with Crippen LogP contribution in [0.5, 0.6) is 6.01 Å². The summed E-state index contributed by atoms with van der Waals surface area (Å²) in [7, 11) is 0. The Morgan fingerprint density at radius 2 is 1.91 bits per heavy atom. The monoisotopic (exact) mass is 331 g/mol. The SMILES string of the molecule is CC(C)Oc1nc(Cl)nc(NCCNC(=O)OC(C)(C)C)n1. The number of anilines is 1. The van der Waals surface area contributed by atoms with Gasteiger partial charge in [-0.2, -0.15) is 15.0 Å². The number of nitrogens with zero attached hydrogens (tertiary/aromatic N) is 3. The predicted molar refractivity (Wildman–Crippen MR) is 83.3 cm³/mol. The number of aromatic nitrogens is 3. The molecule has 0 aromatic carbocycles. The molecule has 1 amide bonds. The van der Waals surface area contributed by atoms with Crippen molar-refractivity contribution in [2.75, 3.05) is 18.4 Å². The maximum Gasteiger partial charge on any atom is 0.407 e. The summed E-state index contributed by atoms with van der Waals surface area (Å²) in [5.74, 6) is 0.279. The van der Waals surface area contributed by atoms with Gasteiger partial charge in [-0.3, -0.25) is 0 Å². The van der Waals surface area contributed by atoms with Gasteiger partial charge in [0.1, 0.15) is 5.60 Å². The number of halogens is 1. The average molecular weight is 332 g/mol. The summed E-state index contributed by atoms with van der Waals surface area (Å²) in [6.07, 6.45) is -0.549. The zero-order valence-corrected chi connectivity index (χ0v) is 14.2. The van der Waals surface area contributed by atoms with E-state index in [4.69, 9.17) is 21.1 Å². The second-order valence-electron chi connectivity index (χ2n) is 5.73. The summed E-state index contributed by atoms with van der Waals surface area (Å²) in [5.41, 5.74) is -0.525. The van der Waals surface area contributed by atoms with Crippen molar-refractivity contribution >= 4 is 23.6 Å². The Kier molecular flexibility index (Phi) is 6.61. The third-order valence-electron chi connectivity index (χ3n) is 2.01. The Labute approximate surface area is 135 Å². The van der Waals surface area contributed by atoms with Gasteiger partial charge in [0.2, 0.25) is 11.2 Å². The maximum absolute atomic E-state index is 11.5. The molecule has 0 aliphatic heterocycles. The number of carbonyl (C=O) groups is 1. The molecule has 0 spiro atoms. The number of alkyl carbamates (subject to hydrolysis) is 1. The molecule has 8 nitrogen and oxygen atoms in total. The molecule has 0 radical (unpaired) electrons. The molecular formula is C13H22ClN5O3. The fraction of sp³-hybridized carbons (Fsp3) is 0.692. The van der Waals surface area contributed by atoms with Gasteiger partial charge < -0.3 is 20.1 Å². The van der Waals surface area contributed by atoms with Gasteiger partial charge >= 0.3 is 12.1 Å². The van der Waals surface area contributed by atoms with Crippen LogP contribution in [0.15, 0.2) is 0 Å². The lowest BCUT2D eigenvalue weighted by Crippen LogP contribution is -2.35. The number of hydrogen-bond acceptors (Lipinski definition) is 7. The minimum absolute atomic E-state index is 0.0354. The van der Waals surface area contributed by atoms with Crippen molar-refractivity contribution in [1.82, 2.24) is 20.3 Å². The number of nitrogens with one attached hydrogen (secondary N) is 2. The van der Waals surface area contributed by atoms with E-state index in [1.54, 1.807) is 20.8 Å². The normalized spacial score (nSPS) is 11.2. The van der Waals surface area contributed by atoms with Crippen LogP contribution in [-0.4, -0.2) is 45.8 Å². The molecule has 1 heterocycles. The second-order valence-corrected chi connectivity index (χ2v) is 6.07. The standard InChI is InChI=1S/C13H22ClN5O3/c1-8(2)21-11-18-9(14)17-10(19-11)15-6-7-16-12(20)22-13(3,4)5/h8H,6-7H2,1-5H3,(H,16,20)(H,15,17,18,19). The summed E-state index contributed by atoms with van der Waals surface area (Å²) < 4.78 is 10.5. The molecular weight excluding hydrogens is 310 g/mol. The van der Waals surface area contributed by atoms with E-state index < -0.39 is 11.7 Å². The van der Waals surface area contributed by atoms with Gasteiger partial charge in [0, 0.05) is 13.1 Å². The third kappa shape index (κ3) is 7.82. The van der Waals surface area contributed by atoms with E-state index in [2.05, 4.69) is 25.6 Å². The van der Waals surface area contributed by atoms with E-state index in [-0.39, 0.29) is 23.3 Å². The molecule has 9 heteroatoms. The van der Waals surface area contributed by atoms with Gasteiger partial charge in [-0.25, -0.2) is 4.79 Å². The van der Waals surface area contributed by atoms with Crippen LogP contribution in [0.2, 0.25) is 5.28 Å². The van der Waals surface area contributed by atoms with Gasteiger partial charge in [0.25, 0.3) is 0 Å². The number of carbonyl (C=O) groups excluding carboxylic acids is 1. The van der Waals surface area contributed by atoms with Crippen LogP contribution in [0.1, 0.15) is 34.6 Å². The van der Waals surface area contributed by atoms with E-state index in [0.717, 1.165) is 0 Å². The summed E-state index contributed by atoms with van der Waals surface area (Å²) in [6, 6.07) is 0.151. The molecule has 0 unspecified atom stereocenters. The highest BCUT2D eigenvalue weighted by Crippen LogP contribution is 2.12. The quantitative estimate of drug-likeness (QED) is 0.771. The molecule has 0 bridgehead atoms. The predicted octanol–water partition coefficient (Wildman–Crippen LogP) is 2.25. The highest BCUT2D eigenvalue weighted by molar-refractivity contribution is 6.28. The minimum Gasteiger partial charge on any atom is -0.461 e. The van der Waals surface area contributed by atoms with Crippen LogP contribution in [-0.2, 0) is 4.74 Å². The number of ether oxygens (including phenoxy) is 2. The Hall–Kier alpha value is -1.83. The maximum atomic E-state index is 11.5. The van der Waals surface area contributed by atoms with Crippen LogP contribution in [0.3, 0.4) is 0 Å². The largest absolute Gasteiger partial charge is 0.461 e. The number of amides is 1. The van der Waals surface area contributed by atoms with E-state index in [0.29, 0.717) is 13.1 Å². The average Bonchev–Trinajstić information content (AvgIpc) is 2.31.